The Balaban J connectivity index is 1.25. The fourth-order valence-corrected chi connectivity index (χ4v) is 6.46. The molecule has 5 rings (SSSR count). The molecule has 4 atom stereocenters. The van der Waals surface area contributed by atoms with E-state index < -0.39 is 24.0 Å². The molecule has 0 saturated carbocycles. The molecule has 0 bridgehead atoms. The number of carbonyl (C=O) groups is 4. The summed E-state index contributed by atoms with van der Waals surface area (Å²) >= 11 is 0. The van der Waals surface area contributed by atoms with Gasteiger partial charge in [-0.1, -0.05) is 60.7 Å². The molecule has 2 heterocycles. The first kappa shape index (κ1) is 28.7. The van der Waals surface area contributed by atoms with Gasteiger partial charge in [0.1, 0.15) is 11.8 Å². The Bertz CT molecular complexity index is 1300. The van der Waals surface area contributed by atoms with Gasteiger partial charge in [-0.3, -0.25) is 19.2 Å². The molecular weight excluding hydrogens is 518 g/mol. The summed E-state index contributed by atoms with van der Waals surface area (Å²) in [6, 6.07) is 16.3. The van der Waals surface area contributed by atoms with Crippen molar-refractivity contribution < 1.29 is 24.3 Å². The standard InChI is InChI=1S/C33H39N3O5/c37-27(20-25(33(40)41)19-24-15-14-23-10-4-5-11-28(23)24)21-26(18-22-8-2-1-3-9-22)35-31(38)30-13-7-17-36(30)32(39)29-12-6-16-34-29/h1-5,8-11,15,25-26,29-30,34H,6-7,12-14,16-21H2,(H,35,38)(H,40,41). The molecule has 41 heavy (non-hydrogen) atoms. The second kappa shape index (κ2) is 13.3. The van der Waals surface area contributed by atoms with Crippen molar-refractivity contribution >= 4 is 29.1 Å². The van der Waals surface area contributed by atoms with E-state index in [2.05, 4.69) is 16.7 Å². The van der Waals surface area contributed by atoms with Gasteiger partial charge in [0.05, 0.1) is 12.0 Å². The summed E-state index contributed by atoms with van der Waals surface area (Å²) in [5.41, 5.74) is 4.18. The summed E-state index contributed by atoms with van der Waals surface area (Å²) in [7, 11) is 0. The van der Waals surface area contributed by atoms with Crippen molar-refractivity contribution in [2.24, 2.45) is 5.92 Å². The zero-order valence-corrected chi connectivity index (χ0v) is 23.4. The summed E-state index contributed by atoms with van der Waals surface area (Å²) in [6.45, 7) is 1.36. The van der Waals surface area contributed by atoms with E-state index in [1.54, 1.807) is 4.90 Å². The number of Topliss-reactive ketones (excluding diaryl/α,β-unsaturated/α-hetero) is 1. The Hall–Kier alpha value is -3.78. The number of fused-ring (bicyclic) bond motifs is 1. The molecule has 8 heteroatoms. The molecule has 0 aromatic heterocycles. The minimum Gasteiger partial charge on any atom is -0.481 e. The summed E-state index contributed by atoms with van der Waals surface area (Å²) in [4.78, 5) is 53.8. The first-order valence-electron chi connectivity index (χ1n) is 14.8. The first-order chi connectivity index (χ1) is 19.9. The summed E-state index contributed by atoms with van der Waals surface area (Å²) in [5, 5.41) is 16.3. The molecule has 8 nitrogen and oxygen atoms in total. The lowest BCUT2D eigenvalue weighted by atomic mass is 9.89. The molecule has 2 aliphatic heterocycles. The van der Waals surface area contributed by atoms with Crippen LogP contribution < -0.4 is 10.6 Å². The van der Waals surface area contributed by atoms with Gasteiger partial charge in [0.25, 0.3) is 0 Å². The lowest BCUT2D eigenvalue weighted by molar-refractivity contribution is -0.143. The lowest BCUT2D eigenvalue weighted by Crippen LogP contribution is -2.53. The third-order valence-corrected chi connectivity index (χ3v) is 8.56. The molecule has 2 aromatic rings. The van der Waals surface area contributed by atoms with Crippen LogP contribution in [0.15, 0.2) is 60.7 Å². The number of benzene rings is 2. The average molecular weight is 558 g/mol. The second-order valence-electron chi connectivity index (χ2n) is 11.5. The predicted molar refractivity (Wildman–Crippen MR) is 156 cm³/mol. The minimum atomic E-state index is -0.993. The van der Waals surface area contributed by atoms with E-state index in [1.165, 1.54) is 5.56 Å². The fraction of sp³-hybridized carbons (Fsp3) is 0.455. The summed E-state index contributed by atoms with van der Waals surface area (Å²) in [5.74, 6) is -2.30. The number of carbonyl (C=O) groups excluding carboxylic acids is 3. The van der Waals surface area contributed by atoms with E-state index >= 15 is 0 Å². The maximum atomic E-state index is 13.5. The number of rotatable bonds is 12. The largest absolute Gasteiger partial charge is 0.481 e. The Morgan fingerprint density at radius 3 is 2.49 bits per heavy atom. The second-order valence-corrected chi connectivity index (χ2v) is 11.5. The monoisotopic (exact) mass is 557 g/mol. The Morgan fingerprint density at radius 1 is 0.951 bits per heavy atom. The van der Waals surface area contributed by atoms with Gasteiger partial charge in [0.15, 0.2) is 0 Å². The maximum absolute atomic E-state index is 13.5. The molecule has 0 spiro atoms. The molecule has 3 N–H and O–H groups in total. The van der Waals surface area contributed by atoms with E-state index in [0.29, 0.717) is 25.8 Å². The molecule has 2 amide bonds. The minimum absolute atomic E-state index is 0.0251. The number of ketones is 1. The van der Waals surface area contributed by atoms with E-state index in [9.17, 15) is 24.3 Å². The molecule has 2 saturated heterocycles. The number of likely N-dealkylation sites (tertiary alicyclic amines) is 1. The molecular formula is C33H39N3O5. The van der Waals surface area contributed by atoms with Crippen LogP contribution in [0.25, 0.3) is 5.57 Å². The predicted octanol–water partition coefficient (Wildman–Crippen LogP) is 3.54. The van der Waals surface area contributed by atoms with Gasteiger partial charge in [0.2, 0.25) is 11.8 Å². The normalized spacial score (nSPS) is 21.2. The molecule has 1 aliphatic carbocycles. The maximum Gasteiger partial charge on any atom is 0.307 e. The van der Waals surface area contributed by atoms with Crippen LogP contribution in [-0.2, 0) is 32.0 Å². The van der Waals surface area contributed by atoms with Crippen LogP contribution in [-0.4, -0.2) is 64.8 Å². The van der Waals surface area contributed by atoms with Crippen molar-refractivity contribution in [2.45, 2.75) is 75.9 Å². The fourth-order valence-electron chi connectivity index (χ4n) is 6.46. The van der Waals surface area contributed by atoms with Gasteiger partial charge < -0.3 is 20.6 Å². The average Bonchev–Trinajstić information content (AvgIpc) is 3.74. The number of hydrogen-bond acceptors (Lipinski definition) is 5. The van der Waals surface area contributed by atoms with Crippen molar-refractivity contribution in [1.29, 1.82) is 0 Å². The van der Waals surface area contributed by atoms with E-state index in [0.717, 1.165) is 48.9 Å². The van der Waals surface area contributed by atoms with Crippen molar-refractivity contribution in [3.8, 4) is 0 Å². The quantitative estimate of drug-likeness (QED) is 0.368. The summed E-state index contributed by atoms with van der Waals surface area (Å²) < 4.78 is 0. The highest BCUT2D eigenvalue weighted by Gasteiger charge is 2.38. The van der Waals surface area contributed by atoms with E-state index in [1.807, 2.05) is 54.6 Å². The van der Waals surface area contributed by atoms with E-state index in [4.69, 9.17) is 0 Å². The molecule has 216 valence electrons. The van der Waals surface area contributed by atoms with Gasteiger partial charge in [0, 0.05) is 25.4 Å². The SMILES string of the molecule is O=C(CC(Cc1ccccc1)NC(=O)C1CCCN1C(=O)C1CCCN1)CC(CC1=CCc2ccccc21)C(=O)O. The van der Waals surface area contributed by atoms with E-state index in [-0.39, 0.29) is 36.5 Å². The number of nitrogens with one attached hydrogen (secondary N) is 2. The van der Waals surface area contributed by atoms with Crippen molar-refractivity contribution in [3.63, 3.8) is 0 Å². The smallest absolute Gasteiger partial charge is 0.307 e. The number of allylic oxidation sites excluding steroid dienone is 2. The van der Waals surface area contributed by atoms with Crippen molar-refractivity contribution in [3.05, 3.63) is 77.4 Å². The number of nitrogens with zero attached hydrogens (tertiary/aromatic N) is 1. The highest BCUT2D eigenvalue weighted by molar-refractivity contribution is 5.91. The van der Waals surface area contributed by atoms with Crippen LogP contribution in [0.2, 0.25) is 0 Å². The Kier molecular flexibility index (Phi) is 9.29. The molecule has 4 unspecified atom stereocenters. The van der Waals surface area contributed by atoms with Crippen LogP contribution in [0.5, 0.6) is 0 Å². The first-order valence-corrected chi connectivity index (χ1v) is 14.8. The lowest BCUT2D eigenvalue weighted by Gasteiger charge is -2.28. The van der Waals surface area contributed by atoms with Crippen LogP contribution >= 0.6 is 0 Å². The highest BCUT2D eigenvalue weighted by Crippen LogP contribution is 2.33. The molecule has 2 aromatic carbocycles. The van der Waals surface area contributed by atoms with Crippen molar-refractivity contribution in [2.75, 3.05) is 13.1 Å². The zero-order valence-electron chi connectivity index (χ0n) is 23.4. The number of hydrogen-bond donors (Lipinski definition) is 3. The summed E-state index contributed by atoms with van der Waals surface area (Å²) in [6.07, 6.45) is 6.58. The van der Waals surface area contributed by atoms with Crippen LogP contribution in [0.3, 0.4) is 0 Å². The number of carboxylic acids is 1. The van der Waals surface area contributed by atoms with Gasteiger partial charge in [-0.2, -0.15) is 0 Å². The van der Waals surface area contributed by atoms with Crippen LogP contribution in [0.4, 0.5) is 0 Å². The Morgan fingerprint density at radius 2 is 1.73 bits per heavy atom. The third-order valence-electron chi connectivity index (χ3n) is 8.56. The van der Waals surface area contributed by atoms with Crippen LogP contribution in [0, 0.1) is 5.92 Å². The van der Waals surface area contributed by atoms with Gasteiger partial charge in [-0.15, -0.1) is 0 Å². The van der Waals surface area contributed by atoms with Gasteiger partial charge in [-0.05, 0) is 73.8 Å². The van der Waals surface area contributed by atoms with Crippen LogP contribution in [0.1, 0.15) is 61.6 Å². The molecule has 0 radical (unpaired) electrons. The Labute approximate surface area is 241 Å². The van der Waals surface area contributed by atoms with Crippen molar-refractivity contribution in [1.82, 2.24) is 15.5 Å². The van der Waals surface area contributed by atoms with Gasteiger partial charge in [-0.25, -0.2) is 0 Å². The molecule has 2 fully saturated rings. The number of aliphatic carboxylic acids is 1. The zero-order chi connectivity index (χ0) is 28.8. The molecule has 3 aliphatic rings. The third kappa shape index (κ3) is 7.11. The number of amides is 2. The number of carboxylic acid groups (broad SMARTS) is 1. The highest BCUT2D eigenvalue weighted by atomic mass is 16.4. The van der Waals surface area contributed by atoms with Gasteiger partial charge >= 0.3 is 5.97 Å². The topological polar surface area (TPSA) is 116 Å².